The predicted octanol–water partition coefficient (Wildman–Crippen LogP) is 3.14. The van der Waals surface area contributed by atoms with E-state index in [1.54, 1.807) is 6.07 Å². The Labute approximate surface area is 177 Å². The third-order valence-corrected chi connectivity index (χ3v) is 5.38. The number of rotatable bonds is 8. The number of halogens is 1. The molecule has 5 heteroatoms. The molecule has 0 saturated heterocycles. The second-order valence-corrected chi connectivity index (χ2v) is 7.48. The van der Waals surface area contributed by atoms with Crippen LogP contribution < -0.4 is 15.0 Å². The maximum Gasteiger partial charge on any atom is 0.278 e. The van der Waals surface area contributed by atoms with Crippen molar-refractivity contribution < 1.29 is 18.8 Å². The molecule has 3 aromatic rings. The van der Waals surface area contributed by atoms with Crippen LogP contribution in [0.4, 0.5) is 4.39 Å². The lowest BCUT2D eigenvalue weighted by Gasteiger charge is -2.25. The summed E-state index contributed by atoms with van der Waals surface area (Å²) in [6.45, 7) is 2.41. The average Bonchev–Trinajstić information content (AvgIpc) is 2.78. The molecule has 2 N–H and O–H groups in total. The van der Waals surface area contributed by atoms with Crippen LogP contribution in [0.15, 0.2) is 78.9 Å². The van der Waals surface area contributed by atoms with Gasteiger partial charge in [0.1, 0.15) is 6.54 Å². The van der Waals surface area contributed by atoms with Crippen molar-refractivity contribution in [2.45, 2.75) is 25.6 Å². The highest BCUT2D eigenvalue weighted by atomic mass is 19.1. The van der Waals surface area contributed by atoms with Crippen molar-refractivity contribution in [3.8, 4) is 5.75 Å². The molecule has 0 aromatic heterocycles. The lowest BCUT2D eigenvalue weighted by atomic mass is 9.98. The maximum absolute atomic E-state index is 14.0. The fourth-order valence-corrected chi connectivity index (χ4v) is 3.44. The van der Waals surface area contributed by atoms with Crippen LogP contribution in [0.5, 0.6) is 5.75 Å². The van der Waals surface area contributed by atoms with Crippen LogP contribution >= 0.6 is 0 Å². The Morgan fingerprint density at radius 3 is 2.07 bits per heavy atom. The molecule has 0 bridgehead atoms. The Morgan fingerprint density at radius 1 is 1.00 bits per heavy atom. The minimum Gasteiger partial charge on any atom is -0.494 e. The van der Waals surface area contributed by atoms with Crippen LogP contribution in [0.25, 0.3) is 0 Å². The van der Waals surface area contributed by atoms with E-state index in [2.05, 4.69) is 5.32 Å². The number of methoxy groups -OCH3 is 1. The van der Waals surface area contributed by atoms with E-state index in [9.17, 15) is 9.18 Å². The first-order chi connectivity index (χ1) is 14.5. The van der Waals surface area contributed by atoms with Crippen molar-refractivity contribution in [2.24, 2.45) is 0 Å². The Balaban J connectivity index is 1.72. The van der Waals surface area contributed by atoms with Crippen LogP contribution in [0.3, 0.4) is 0 Å². The average molecular weight is 408 g/mol. The summed E-state index contributed by atoms with van der Waals surface area (Å²) < 4.78 is 19.0. The molecule has 0 aliphatic heterocycles. The molecular formula is C25H28FN2O2+. The van der Waals surface area contributed by atoms with E-state index in [1.807, 2.05) is 80.7 Å². The van der Waals surface area contributed by atoms with Crippen molar-refractivity contribution in [1.29, 1.82) is 0 Å². The van der Waals surface area contributed by atoms with Crippen LogP contribution in [0, 0.1) is 5.82 Å². The summed E-state index contributed by atoms with van der Waals surface area (Å²) in [5, 5.41) is 3.19. The minimum atomic E-state index is -0.395. The highest BCUT2D eigenvalue weighted by molar-refractivity contribution is 5.80. The largest absolute Gasteiger partial charge is 0.494 e. The second-order valence-electron chi connectivity index (χ2n) is 7.48. The number of amides is 1. The molecule has 156 valence electrons. The van der Waals surface area contributed by atoms with Gasteiger partial charge < -0.3 is 15.0 Å². The minimum absolute atomic E-state index is 0.0563. The fraction of sp³-hybridized carbons (Fsp3) is 0.240. The summed E-state index contributed by atoms with van der Waals surface area (Å²) in [5.74, 6) is -0.233. The normalized spacial score (nSPS) is 13.0. The molecule has 0 radical (unpaired) electrons. The molecular weight excluding hydrogens is 379 g/mol. The van der Waals surface area contributed by atoms with E-state index < -0.39 is 5.82 Å². The Morgan fingerprint density at radius 2 is 1.57 bits per heavy atom. The van der Waals surface area contributed by atoms with Gasteiger partial charge in [-0.3, -0.25) is 4.79 Å². The first-order valence-corrected chi connectivity index (χ1v) is 10.0. The van der Waals surface area contributed by atoms with Gasteiger partial charge in [0.25, 0.3) is 5.91 Å². The van der Waals surface area contributed by atoms with E-state index in [0.717, 1.165) is 21.6 Å². The molecule has 0 heterocycles. The van der Waals surface area contributed by atoms with Crippen molar-refractivity contribution in [2.75, 3.05) is 14.2 Å². The molecule has 2 atom stereocenters. The van der Waals surface area contributed by atoms with E-state index in [4.69, 9.17) is 4.74 Å². The number of nitrogens with one attached hydrogen (secondary N) is 2. The smallest absolute Gasteiger partial charge is 0.278 e. The van der Waals surface area contributed by atoms with Gasteiger partial charge in [-0.05, 0) is 36.2 Å². The van der Waals surface area contributed by atoms with E-state index in [1.165, 1.54) is 13.2 Å². The van der Waals surface area contributed by atoms with E-state index in [-0.39, 0.29) is 23.7 Å². The van der Waals surface area contributed by atoms with Gasteiger partial charge in [0, 0.05) is 5.56 Å². The Hall–Kier alpha value is -3.18. The van der Waals surface area contributed by atoms with Crippen LogP contribution in [-0.2, 0) is 11.3 Å². The number of quaternary nitrogens is 1. The molecule has 3 aromatic carbocycles. The zero-order valence-electron chi connectivity index (χ0n) is 17.6. The van der Waals surface area contributed by atoms with Gasteiger partial charge in [-0.1, -0.05) is 60.7 Å². The third kappa shape index (κ3) is 5.24. The molecule has 1 amide bonds. The first kappa shape index (κ1) is 21.5. The predicted molar refractivity (Wildman–Crippen MR) is 116 cm³/mol. The molecule has 0 aliphatic carbocycles. The quantitative estimate of drug-likeness (QED) is 0.603. The zero-order valence-corrected chi connectivity index (χ0v) is 17.6. The van der Waals surface area contributed by atoms with Gasteiger partial charge in [-0.15, -0.1) is 0 Å². The van der Waals surface area contributed by atoms with Gasteiger partial charge in [-0.2, -0.15) is 0 Å². The highest BCUT2D eigenvalue weighted by Crippen LogP contribution is 2.22. The number of hydrogen-bond acceptors (Lipinski definition) is 2. The molecule has 0 fully saturated rings. The summed E-state index contributed by atoms with van der Waals surface area (Å²) in [6, 6.07) is 24.2. The standard InChI is InChI=1S/C25H27FN2O2/c1-18(28(2)17-19-14-15-23(30-3)22(26)16-19)25(29)27-24(20-10-6-4-7-11-20)21-12-8-5-9-13-21/h4-16,18,24H,17H2,1-3H3,(H,27,29)/p+1/t18-/m1/s1. The molecule has 4 nitrogen and oxygen atoms in total. The zero-order chi connectivity index (χ0) is 21.5. The molecule has 3 rings (SSSR count). The summed E-state index contributed by atoms with van der Waals surface area (Å²) in [5.41, 5.74) is 2.87. The molecule has 1 unspecified atom stereocenters. The molecule has 0 aliphatic rings. The summed E-state index contributed by atoms with van der Waals surface area (Å²) in [6.07, 6.45) is 0. The van der Waals surface area contributed by atoms with Crippen LogP contribution in [0.2, 0.25) is 0 Å². The topological polar surface area (TPSA) is 42.8 Å². The van der Waals surface area contributed by atoms with Crippen LogP contribution in [0.1, 0.15) is 29.7 Å². The van der Waals surface area contributed by atoms with Crippen molar-refractivity contribution in [1.82, 2.24) is 5.32 Å². The number of benzene rings is 3. The molecule has 0 spiro atoms. The molecule has 30 heavy (non-hydrogen) atoms. The van der Waals surface area contributed by atoms with E-state index in [0.29, 0.717) is 6.54 Å². The number of carbonyl (C=O) groups is 1. The Kier molecular flexibility index (Phi) is 7.20. The summed E-state index contributed by atoms with van der Waals surface area (Å²) >= 11 is 0. The number of ether oxygens (including phenoxy) is 1. The summed E-state index contributed by atoms with van der Waals surface area (Å²) in [4.78, 5) is 14.0. The lowest BCUT2D eigenvalue weighted by molar-refractivity contribution is -0.908. The monoisotopic (exact) mass is 407 g/mol. The van der Waals surface area contributed by atoms with Gasteiger partial charge in [0.2, 0.25) is 0 Å². The summed E-state index contributed by atoms with van der Waals surface area (Å²) in [7, 11) is 3.38. The van der Waals surface area contributed by atoms with Crippen molar-refractivity contribution in [3.63, 3.8) is 0 Å². The maximum atomic E-state index is 14.0. The molecule has 0 saturated carbocycles. The second kappa shape index (κ2) is 10.0. The van der Waals surface area contributed by atoms with Gasteiger partial charge >= 0.3 is 0 Å². The number of likely N-dealkylation sites (N-methyl/N-ethyl adjacent to an activating group) is 1. The Bertz CT molecular complexity index is 924. The number of hydrogen-bond donors (Lipinski definition) is 2. The van der Waals surface area contributed by atoms with Gasteiger partial charge in [0.05, 0.1) is 20.2 Å². The fourth-order valence-electron chi connectivity index (χ4n) is 3.44. The van der Waals surface area contributed by atoms with Gasteiger partial charge in [0.15, 0.2) is 17.6 Å². The van der Waals surface area contributed by atoms with Crippen molar-refractivity contribution in [3.05, 3.63) is 101 Å². The first-order valence-electron chi connectivity index (χ1n) is 10.0. The van der Waals surface area contributed by atoms with Crippen LogP contribution in [-0.4, -0.2) is 26.1 Å². The SMILES string of the molecule is COc1ccc(C[NH+](C)[C@H](C)C(=O)NC(c2ccccc2)c2ccccc2)cc1F. The van der Waals surface area contributed by atoms with Crippen molar-refractivity contribution >= 4 is 5.91 Å². The number of carbonyl (C=O) groups excluding carboxylic acids is 1. The third-order valence-electron chi connectivity index (χ3n) is 5.38. The van der Waals surface area contributed by atoms with Gasteiger partial charge in [-0.25, -0.2) is 4.39 Å². The lowest BCUT2D eigenvalue weighted by Crippen LogP contribution is -3.12. The highest BCUT2D eigenvalue weighted by Gasteiger charge is 2.26. The van der Waals surface area contributed by atoms with E-state index >= 15 is 0 Å².